The standard InChI is InChI=1S/C23H23NO8S/c1-29-19-9-8-16(12-20(19)30-2)13-24-21(25)14-32-23(26)22-17(10-11-31-22)15-33(27,28)18-6-4-3-5-7-18/h3-12H,13-15H2,1-2H3,(H,24,25). The number of hydrogen-bond donors (Lipinski definition) is 1. The molecule has 0 saturated carbocycles. The third-order valence-corrected chi connectivity index (χ3v) is 6.33. The van der Waals surface area contributed by atoms with Crippen LogP contribution in [-0.4, -0.2) is 41.1 Å². The summed E-state index contributed by atoms with van der Waals surface area (Å²) in [4.78, 5) is 24.6. The quantitative estimate of drug-likeness (QED) is 0.446. The Balaban J connectivity index is 1.55. The van der Waals surface area contributed by atoms with Crippen LogP contribution < -0.4 is 14.8 Å². The van der Waals surface area contributed by atoms with E-state index in [0.29, 0.717) is 11.5 Å². The molecular formula is C23H23NO8S. The zero-order valence-electron chi connectivity index (χ0n) is 18.1. The summed E-state index contributed by atoms with van der Waals surface area (Å²) in [5, 5.41) is 2.62. The SMILES string of the molecule is COc1ccc(CNC(=O)COC(=O)c2occc2CS(=O)(=O)c2ccccc2)cc1OC. The van der Waals surface area contributed by atoms with Gasteiger partial charge in [-0.15, -0.1) is 0 Å². The molecule has 0 saturated heterocycles. The molecule has 9 nitrogen and oxygen atoms in total. The first-order valence-electron chi connectivity index (χ1n) is 9.83. The van der Waals surface area contributed by atoms with Gasteiger partial charge in [0, 0.05) is 12.1 Å². The Morgan fingerprint density at radius 1 is 0.970 bits per heavy atom. The maximum Gasteiger partial charge on any atom is 0.375 e. The lowest BCUT2D eigenvalue weighted by Crippen LogP contribution is -2.28. The van der Waals surface area contributed by atoms with E-state index in [4.69, 9.17) is 18.6 Å². The first-order valence-corrected chi connectivity index (χ1v) is 11.5. The Hall–Kier alpha value is -3.79. The summed E-state index contributed by atoms with van der Waals surface area (Å²) < 4.78 is 45.6. The minimum absolute atomic E-state index is 0.125. The van der Waals surface area contributed by atoms with Crippen molar-refractivity contribution in [1.29, 1.82) is 0 Å². The number of ether oxygens (including phenoxy) is 3. The number of carbonyl (C=O) groups is 2. The number of benzene rings is 2. The van der Waals surface area contributed by atoms with Crippen molar-refractivity contribution in [2.24, 2.45) is 0 Å². The van der Waals surface area contributed by atoms with E-state index in [1.54, 1.807) is 36.4 Å². The van der Waals surface area contributed by atoms with Crippen LogP contribution in [0.2, 0.25) is 0 Å². The van der Waals surface area contributed by atoms with Gasteiger partial charge in [-0.2, -0.15) is 0 Å². The lowest BCUT2D eigenvalue weighted by atomic mass is 10.2. The van der Waals surface area contributed by atoms with Crippen LogP contribution in [0.15, 0.2) is 70.2 Å². The maximum atomic E-state index is 12.6. The molecular weight excluding hydrogens is 450 g/mol. The summed E-state index contributed by atoms with van der Waals surface area (Å²) >= 11 is 0. The normalized spacial score (nSPS) is 11.0. The van der Waals surface area contributed by atoms with Gasteiger partial charge in [0.05, 0.1) is 31.1 Å². The van der Waals surface area contributed by atoms with Crippen LogP contribution in [0.25, 0.3) is 0 Å². The van der Waals surface area contributed by atoms with Gasteiger partial charge in [0.2, 0.25) is 5.76 Å². The van der Waals surface area contributed by atoms with Crippen molar-refractivity contribution in [3.05, 3.63) is 77.7 Å². The molecule has 10 heteroatoms. The van der Waals surface area contributed by atoms with E-state index >= 15 is 0 Å². The predicted molar refractivity (Wildman–Crippen MR) is 118 cm³/mol. The monoisotopic (exact) mass is 473 g/mol. The molecule has 174 valence electrons. The zero-order valence-corrected chi connectivity index (χ0v) is 18.9. The Bertz CT molecular complexity index is 1220. The molecule has 1 heterocycles. The van der Waals surface area contributed by atoms with Crippen LogP contribution in [0.4, 0.5) is 0 Å². The lowest BCUT2D eigenvalue weighted by Gasteiger charge is -2.10. The Morgan fingerprint density at radius 2 is 1.70 bits per heavy atom. The molecule has 0 radical (unpaired) electrons. The van der Waals surface area contributed by atoms with Crippen LogP contribution in [0.1, 0.15) is 21.7 Å². The minimum Gasteiger partial charge on any atom is -0.493 e. The molecule has 3 rings (SSSR count). The van der Waals surface area contributed by atoms with Crippen LogP contribution in [0.3, 0.4) is 0 Å². The molecule has 0 aliphatic carbocycles. The van der Waals surface area contributed by atoms with E-state index in [1.165, 1.54) is 38.7 Å². The van der Waals surface area contributed by atoms with E-state index in [0.717, 1.165) is 5.56 Å². The number of hydrogen-bond acceptors (Lipinski definition) is 8. The fraction of sp³-hybridized carbons (Fsp3) is 0.217. The van der Waals surface area contributed by atoms with E-state index in [2.05, 4.69) is 5.32 Å². The first kappa shape index (κ1) is 23.9. The highest BCUT2D eigenvalue weighted by atomic mass is 32.2. The lowest BCUT2D eigenvalue weighted by molar-refractivity contribution is -0.124. The van der Waals surface area contributed by atoms with E-state index < -0.39 is 34.1 Å². The number of amides is 1. The second-order valence-electron chi connectivity index (χ2n) is 6.89. The molecule has 1 aromatic heterocycles. The van der Waals surface area contributed by atoms with Gasteiger partial charge in [-0.25, -0.2) is 13.2 Å². The molecule has 33 heavy (non-hydrogen) atoms. The summed E-state index contributed by atoms with van der Waals surface area (Å²) in [5.74, 6) is -1.09. The maximum absolute atomic E-state index is 12.6. The van der Waals surface area contributed by atoms with Crippen molar-refractivity contribution >= 4 is 21.7 Å². The van der Waals surface area contributed by atoms with Gasteiger partial charge in [-0.05, 0) is 35.9 Å². The van der Waals surface area contributed by atoms with Crippen molar-refractivity contribution in [1.82, 2.24) is 5.32 Å². The molecule has 0 aliphatic heterocycles. The summed E-state index contributed by atoms with van der Waals surface area (Å²) in [6, 6.07) is 14.4. The Kier molecular flexibility index (Phi) is 7.73. The van der Waals surface area contributed by atoms with Crippen molar-refractivity contribution in [3.8, 4) is 11.5 Å². The Labute approximate surface area is 191 Å². The van der Waals surface area contributed by atoms with Gasteiger partial charge in [0.25, 0.3) is 5.91 Å². The number of furan rings is 1. The van der Waals surface area contributed by atoms with Crippen molar-refractivity contribution in [2.75, 3.05) is 20.8 Å². The number of carbonyl (C=O) groups excluding carboxylic acids is 2. The number of methoxy groups -OCH3 is 2. The average Bonchev–Trinajstić information content (AvgIpc) is 3.29. The smallest absolute Gasteiger partial charge is 0.375 e. The summed E-state index contributed by atoms with van der Waals surface area (Å²) in [6.45, 7) is -0.379. The van der Waals surface area contributed by atoms with Crippen LogP contribution in [0.5, 0.6) is 11.5 Å². The van der Waals surface area contributed by atoms with E-state index in [1.807, 2.05) is 0 Å². The van der Waals surface area contributed by atoms with Crippen molar-refractivity contribution in [2.45, 2.75) is 17.2 Å². The third kappa shape index (κ3) is 6.13. The predicted octanol–water partition coefficient (Wildman–Crippen LogP) is 2.74. The van der Waals surface area contributed by atoms with Gasteiger partial charge < -0.3 is 23.9 Å². The van der Waals surface area contributed by atoms with Gasteiger partial charge >= 0.3 is 5.97 Å². The van der Waals surface area contributed by atoms with Gasteiger partial charge in [-0.1, -0.05) is 24.3 Å². The second kappa shape index (κ2) is 10.7. The second-order valence-corrected chi connectivity index (χ2v) is 8.88. The molecule has 1 amide bonds. The van der Waals surface area contributed by atoms with Crippen LogP contribution >= 0.6 is 0 Å². The topological polar surface area (TPSA) is 121 Å². The Morgan fingerprint density at radius 3 is 2.39 bits per heavy atom. The first-order chi connectivity index (χ1) is 15.8. The molecule has 0 spiro atoms. The molecule has 0 fully saturated rings. The van der Waals surface area contributed by atoms with Gasteiger partial charge in [-0.3, -0.25) is 4.79 Å². The highest BCUT2D eigenvalue weighted by molar-refractivity contribution is 7.90. The van der Waals surface area contributed by atoms with Gasteiger partial charge in [0.1, 0.15) is 0 Å². The molecule has 2 aromatic carbocycles. The number of esters is 1. The zero-order chi connectivity index (χ0) is 23.8. The molecule has 0 aliphatic rings. The van der Waals surface area contributed by atoms with Crippen molar-refractivity contribution < 1.29 is 36.6 Å². The summed E-state index contributed by atoms with van der Waals surface area (Å²) in [6.07, 6.45) is 1.20. The minimum atomic E-state index is -3.69. The largest absolute Gasteiger partial charge is 0.493 e. The number of nitrogens with one attached hydrogen (secondary N) is 1. The molecule has 0 atom stereocenters. The van der Waals surface area contributed by atoms with Crippen LogP contribution in [-0.2, 0) is 31.7 Å². The molecule has 0 unspecified atom stereocenters. The van der Waals surface area contributed by atoms with Crippen LogP contribution in [0, 0.1) is 0 Å². The summed E-state index contributed by atoms with van der Waals surface area (Å²) in [7, 11) is -0.656. The highest BCUT2D eigenvalue weighted by Gasteiger charge is 2.24. The molecule has 1 N–H and O–H groups in total. The molecule has 3 aromatic rings. The van der Waals surface area contributed by atoms with E-state index in [-0.39, 0.29) is 22.8 Å². The molecule has 0 bridgehead atoms. The highest BCUT2D eigenvalue weighted by Crippen LogP contribution is 2.27. The van der Waals surface area contributed by atoms with Crippen molar-refractivity contribution in [3.63, 3.8) is 0 Å². The average molecular weight is 474 g/mol. The third-order valence-electron chi connectivity index (χ3n) is 4.65. The number of sulfone groups is 1. The fourth-order valence-corrected chi connectivity index (χ4v) is 4.36. The summed E-state index contributed by atoms with van der Waals surface area (Å²) in [5.41, 5.74) is 0.904. The van der Waals surface area contributed by atoms with Gasteiger partial charge in [0.15, 0.2) is 27.9 Å². The fourth-order valence-electron chi connectivity index (χ4n) is 2.98. The number of rotatable bonds is 10. The van der Waals surface area contributed by atoms with E-state index in [9.17, 15) is 18.0 Å².